The Morgan fingerprint density at radius 1 is 1.25 bits per heavy atom. The minimum atomic E-state index is -0.931. The van der Waals surface area contributed by atoms with Gasteiger partial charge >= 0.3 is 5.97 Å². The number of carboxylic acid groups (broad SMARTS) is 1. The van der Waals surface area contributed by atoms with Crippen molar-refractivity contribution in [3.05, 3.63) is 41.7 Å². The fourth-order valence-electron chi connectivity index (χ4n) is 2.29. The van der Waals surface area contributed by atoms with Gasteiger partial charge in [0.2, 0.25) is 0 Å². The summed E-state index contributed by atoms with van der Waals surface area (Å²) in [5.74, 6) is -1.00. The van der Waals surface area contributed by atoms with E-state index < -0.39 is 5.97 Å². The van der Waals surface area contributed by atoms with Crippen LogP contribution in [-0.4, -0.2) is 50.0 Å². The zero-order valence-electron chi connectivity index (χ0n) is 14.1. The smallest absolute Gasteiger partial charge is 0.305 e. The van der Waals surface area contributed by atoms with Crippen LogP contribution in [-0.2, 0) is 4.79 Å². The fourth-order valence-corrected chi connectivity index (χ4v) is 2.29. The zero-order chi connectivity index (χ0) is 17.7. The first-order valence-corrected chi connectivity index (χ1v) is 7.87. The zero-order valence-corrected chi connectivity index (χ0v) is 14.1. The van der Waals surface area contributed by atoms with Crippen LogP contribution in [0.3, 0.4) is 0 Å². The lowest BCUT2D eigenvalue weighted by Crippen LogP contribution is -2.36. The van der Waals surface area contributed by atoms with Gasteiger partial charge in [-0.2, -0.15) is 0 Å². The van der Waals surface area contributed by atoms with E-state index in [4.69, 9.17) is 5.11 Å². The molecule has 0 bridgehead atoms. The van der Waals surface area contributed by atoms with E-state index in [-0.39, 0.29) is 30.5 Å². The first-order chi connectivity index (χ1) is 11.4. The molecule has 0 aliphatic carbocycles. The van der Waals surface area contributed by atoms with Gasteiger partial charge in [-0.25, -0.2) is 4.68 Å². The molecule has 2 rings (SSSR count). The highest BCUT2D eigenvalue weighted by Gasteiger charge is 2.21. The molecule has 0 radical (unpaired) electrons. The molecule has 0 aliphatic rings. The summed E-state index contributed by atoms with van der Waals surface area (Å²) in [5, 5.41) is 16.8. The van der Waals surface area contributed by atoms with Gasteiger partial charge < -0.3 is 10.0 Å². The van der Waals surface area contributed by atoms with Gasteiger partial charge in [0.1, 0.15) is 0 Å². The lowest BCUT2D eigenvalue weighted by molar-refractivity contribution is -0.137. The number of amides is 1. The molecular formula is C17H22N4O3. The summed E-state index contributed by atoms with van der Waals surface area (Å²) in [6.45, 7) is 6.58. The molecule has 0 spiro atoms. The molecule has 0 unspecified atom stereocenters. The molecule has 2 aromatic rings. The summed E-state index contributed by atoms with van der Waals surface area (Å²) in [7, 11) is 0. The largest absolute Gasteiger partial charge is 0.481 e. The van der Waals surface area contributed by atoms with Crippen LogP contribution < -0.4 is 0 Å². The third-order valence-corrected chi connectivity index (χ3v) is 3.48. The van der Waals surface area contributed by atoms with Gasteiger partial charge in [0, 0.05) is 13.1 Å². The number of rotatable bonds is 7. The maximum atomic E-state index is 12.6. The van der Waals surface area contributed by atoms with E-state index in [0.717, 1.165) is 11.3 Å². The lowest BCUT2D eigenvalue weighted by atomic mass is 10.2. The Balaban J connectivity index is 2.17. The summed E-state index contributed by atoms with van der Waals surface area (Å²) < 4.78 is 1.54. The Morgan fingerprint density at radius 3 is 2.50 bits per heavy atom. The van der Waals surface area contributed by atoms with Gasteiger partial charge in [-0.1, -0.05) is 36.8 Å². The molecule has 24 heavy (non-hydrogen) atoms. The monoisotopic (exact) mass is 330 g/mol. The van der Waals surface area contributed by atoms with Crippen molar-refractivity contribution in [1.82, 2.24) is 19.9 Å². The number of carbonyl (C=O) groups is 2. The number of carbonyl (C=O) groups excluding carboxylic acids is 1. The van der Waals surface area contributed by atoms with Crippen LogP contribution in [0.1, 0.15) is 36.3 Å². The number of aliphatic carboxylic acids is 1. The molecular weight excluding hydrogens is 308 g/mol. The average molecular weight is 330 g/mol. The summed E-state index contributed by atoms with van der Waals surface area (Å²) in [6.07, 6.45) is 1.48. The SMILES string of the molecule is Cc1ccc(-n2cc(C(=O)N(CCC(=O)O)CC(C)C)nn2)cc1. The predicted molar refractivity (Wildman–Crippen MR) is 89.1 cm³/mol. The molecule has 0 aliphatic heterocycles. The Morgan fingerprint density at radius 2 is 1.92 bits per heavy atom. The van der Waals surface area contributed by atoms with Crippen LogP contribution in [0.5, 0.6) is 0 Å². The number of carboxylic acids is 1. The van der Waals surface area contributed by atoms with Crippen molar-refractivity contribution < 1.29 is 14.7 Å². The maximum absolute atomic E-state index is 12.6. The summed E-state index contributed by atoms with van der Waals surface area (Å²) in [6, 6.07) is 7.70. The van der Waals surface area contributed by atoms with Crippen LogP contribution >= 0.6 is 0 Å². The average Bonchev–Trinajstić information content (AvgIpc) is 3.01. The second-order valence-corrected chi connectivity index (χ2v) is 6.17. The topological polar surface area (TPSA) is 88.3 Å². The molecule has 7 nitrogen and oxygen atoms in total. The molecule has 0 fully saturated rings. The molecule has 1 amide bonds. The summed E-state index contributed by atoms with van der Waals surface area (Å²) in [4.78, 5) is 24.9. The van der Waals surface area contributed by atoms with Gasteiger partial charge in [0.15, 0.2) is 5.69 Å². The van der Waals surface area contributed by atoms with E-state index >= 15 is 0 Å². The van der Waals surface area contributed by atoms with Crippen molar-refractivity contribution >= 4 is 11.9 Å². The standard InChI is InChI=1S/C17H22N4O3/c1-12(2)10-20(9-8-16(22)23)17(24)15-11-21(19-18-15)14-6-4-13(3)5-7-14/h4-7,11-12H,8-10H2,1-3H3,(H,22,23). The van der Waals surface area contributed by atoms with E-state index in [2.05, 4.69) is 10.3 Å². The lowest BCUT2D eigenvalue weighted by Gasteiger charge is -2.22. The van der Waals surface area contributed by atoms with E-state index in [1.165, 1.54) is 9.58 Å². The molecule has 0 atom stereocenters. The maximum Gasteiger partial charge on any atom is 0.305 e. The molecule has 1 heterocycles. The first-order valence-electron chi connectivity index (χ1n) is 7.87. The second kappa shape index (κ2) is 7.72. The van der Waals surface area contributed by atoms with Crippen molar-refractivity contribution in [1.29, 1.82) is 0 Å². The Hall–Kier alpha value is -2.70. The summed E-state index contributed by atoms with van der Waals surface area (Å²) in [5.41, 5.74) is 2.15. The van der Waals surface area contributed by atoms with Crippen LogP contribution in [0, 0.1) is 12.8 Å². The number of aromatic nitrogens is 3. The summed E-state index contributed by atoms with van der Waals surface area (Å²) >= 11 is 0. The normalized spacial score (nSPS) is 10.8. The van der Waals surface area contributed by atoms with Crippen LogP contribution in [0.4, 0.5) is 0 Å². The van der Waals surface area contributed by atoms with Crippen molar-refractivity contribution in [2.24, 2.45) is 5.92 Å². The van der Waals surface area contributed by atoms with E-state index in [1.807, 2.05) is 45.0 Å². The van der Waals surface area contributed by atoms with Crippen molar-refractivity contribution in [2.75, 3.05) is 13.1 Å². The number of hydrogen-bond donors (Lipinski definition) is 1. The van der Waals surface area contributed by atoms with Crippen molar-refractivity contribution in [2.45, 2.75) is 27.2 Å². The molecule has 0 saturated carbocycles. The van der Waals surface area contributed by atoms with Crippen LogP contribution in [0.2, 0.25) is 0 Å². The quantitative estimate of drug-likeness (QED) is 0.840. The molecule has 1 aromatic carbocycles. The van der Waals surface area contributed by atoms with Gasteiger partial charge in [-0.05, 0) is 25.0 Å². The Kier molecular flexibility index (Phi) is 5.68. The Labute approximate surface area is 140 Å². The third-order valence-electron chi connectivity index (χ3n) is 3.48. The highest BCUT2D eigenvalue weighted by molar-refractivity contribution is 5.92. The molecule has 1 N–H and O–H groups in total. The van der Waals surface area contributed by atoms with E-state index in [0.29, 0.717) is 6.54 Å². The number of aryl methyl sites for hydroxylation is 1. The molecule has 0 saturated heterocycles. The van der Waals surface area contributed by atoms with Gasteiger partial charge in [0.05, 0.1) is 18.3 Å². The molecule has 7 heteroatoms. The minimum Gasteiger partial charge on any atom is -0.481 e. The predicted octanol–water partition coefficient (Wildman–Crippen LogP) is 2.15. The van der Waals surface area contributed by atoms with Gasteiger partial charge in [-0.3, -0.25) is 9.59 Å². The highest BCUT2D eigenvalue weighted by atomic mass is 16.4. The second-order valence-electron chi connectivity index (χ2n) is 6.17. The number of nitrogens with zero attached hydrogens (tertiary/aromatic N) is 4. The van der Waals surface area contributed by atoms with Crippen LogP contribution in [0.15, 0.2) is 30.5 Å². The highest BCUT2D eigenvalue weighted by Crippen LogP contribution is 2.11. The van der Waals surface area contributed by atoms with Crippen molar-refractivity contribution in [3.63, 3.8) is 0 Å². The first kappa shape index (κ1) is 17.7. The van der Waals surface area contributed by atoms with Crippen molar-refractivity contribution in [3.8, 4) is 5.69 Å². The van der Waals surface area contributed by atoms with E-state index in [1.54, 1.807) is 6.20 Å². The number of hydrogen-bond acceptors (Lipinski definition) is 4. The minimum absolute atomic E-state index is 0.0927. The molecule has 128 valence electrons. The van der Waals surface area contributed by atoms with E-state index in [9.17, 15) is 9.59 Å². The van der Waals surface area contributed by atoms with Gasteiger partial charge in [-0.15, -0.1) is 5.10 Å². The number of benzene rings is 1. The fraction of sp³-hybridized carbons (Fsp3) is 0.412. The molecule has 1 aromatic heterocycles. The Bertz CT molecular complexity index is 707. The van der Waals surface area contributed by atoms with Gasteiger partial charge in [0.25, 0.3) is 5.91 Å². The van der Waals surface area contributed by atoms with Crippen LogP contribution in [0.25, 0.3) is 5.69 Å². The third kappa shape index (κ3) is 4.65.